The van der Waals surface area contributed by atoms with Crippen molar-refractivity contribution in [3.63, 3.8) is 0 Å². The van der Waals surface area contributed by atoms with E-state index in [1.165, 1.54) is 22.7 Å². The van der Waals surface area contributed by atoms with Crippen molar-refractivity contribution in [1.29, 1.82) is 0 Å². The highest BCUT2D eigenvalue weighted by atomic mass is 32.1. The van der Waals surface area contributed by atoms with E-state index in [1.54, 1.807) is 37.1 Å². The average molecular weight is 517 g/mol. The SMILES string of the molecule is C=CCn1c(-c2cs/c(=N/N=C/C=C/c3ccco3)n2CC=C)cs/c1=N/N=C/C=C/c1ccco1. The van der Waals surface area contributed by atoms with Gasteiger partial charge in [-0.05, 0) is 48.6 Å². The molecule has 0 amide bonds. The summed E-state index contributed by atoms with van der Waals surface area (Å²) in [6.45, 7) is 8.97. The second-order valence-corrected chi connectivity index (χ2v) is 8.76. The average Bonchev–Trinajstić information content (AvgIpc) is 3.69. The molecule has 0 spiro atoms. The van der Waals surface area contributed by atoms with E-state index in [9.17, 15) is 0 Å². The molecule has 0 aromatic carbocycles. The van der Waals surface area contributed by atoms with Gasteiger partial charge in [0.1, 0.15) is 11.5 Å². The van der Waals surface area contributed by atoms with Crippen LogP contribution in [0.4, 0.5) is 0 Å². The van der Waals surface area contributed by atoms with E-state index < -0.39 is 0 Å². The molecule has 0 unspecified atom stereocenters. The predicted octanol–water partition coefficient (Wildman–Crippen LogP) is 5.84. The monoisotopic (exact) mass is 516 g/mol. The molecule has 0 N–H and O–H groups in total. The Morgan fingerprint density at radius 1 is 0.750 bits per heavy atom. The lowest BCUT2D eigenvalue weighted by molar-refractivity contribution is 0.557. The Morgan fingerprint density at radius 3 is 1.61 bits per heavy atom. The zero-order valence-corrected chi connectivity index (χ0v) is 21.0. The highest BCUT2D eigenvalue weighted by Crippen LogP contribution is 2.21. The Balaban J connectivity index is 1.60. The van der Waals surface area contributed by atoms with Crippen LogP contribution in [0.15, 0.2) is 114 Å². The molecule has 0 bridgehead atoms. The molecule has 10 heteroatoms. The van der Waals surface area contributed by atoms with Gasteiger partial charge in [-0.25, -0.2) is 0 Å². The highest BCUT2D eigenvalue weighted by molar-refractivity contribution is 7.08. The van der Waals surface area contributed by atoms with Crippen LogP contribution in [0, 0.1) is 0 Å². The molecular formula is C26H24N6O2S2. The summed E-state index contributed by atoms with van der Waals surface area (Å²) in [5, 5.41) is 21.3. The van der Waals surface area contributed by atoms with Gasteiger partial charge in [0.15, 0.2) is 0 Å². The fourth-order valence-corrected chi connectivity index (χ4v) is 4.85. The number of thiazole rings is 2. The largest absolute Gasteiger partial charge is 0.465 e. The van der Waals surface area contributed by atoms with E-state index in [4.69, 9.17) is 8.83 Å². The third-order valence-electron chi connectivity index (χ3n) is 4.68. The van der Waals surface area contributed by atoms with Crippen molar-refractivity contribution in [2.45, 2.75) is 13.1 Å². The first-order chi connectivity index (χ1) is 17.8. The number of hydrogen-bond acceptors (Lipinski definition) is 8. The fraction of sp³-hybridized carbons (Fsp3) is 0.0769. The van der Waals surface area contributed by atoms with Crippen molar-refractivity contribution in [2.75, 3.05) is 0 Å². The summed E-state index contributed by atoms with van der Waals surface area (Å²) < 4.78 is 14.6. The second-order valence-electron chi connectivity index (χ2n) is 7.08. The molecule has 36 heavy (non-hydrogen) atoms. The minimum atomic E-state index is 0.585. The lowest BCUT2D eigenvalue weighted by Gasteiger charge is -2.08. The van der Waals surface area contributed by atoms with Gasteiger partial charge in [0.25, 0.3) is 0 Å². The quantitative estimate of drug-likeness (QED) is 0.143. The number of hydrogen-bond donors (Lipinski definition) is 0. The van der Waals surface area contributed by atoms with Crippen molar-refractivity contribution in [3.05, 3.63) is 106 Å². The first kappa shape index (κ1) is 24.8. The maximum absolute atomic E-state index is 5.26. The molecule has 4 rings (SSSR count). The van der Waals surface area contributed by atoms with E-state index in [0.29, 0.717) is 13.1 Å². The minimum Gasteiger partial charge on any atom is -0.465 e. The third kappa shape index (κ3) is 6.44. The summed E-state index contributed by atoms with van der Waals surface area (Å²) in [5.74, 6) is 1.51. The molecule has 4 aromatic heterocycles. The minimum absolute atomic E-state index is 0.585. The Kier molecular flexibility index (Phi) is 8.95. The predicted molar refractivity (Wildman–Crippen MR) is 148 cm³/mol. The van der Waals surface area contributed by atoms with Gasteiger partial charge in [-0.15, -0.1) is 46.0 Å². The Bertz CT molecular complexity index is 1400. The fourth-order valence-electron chi connectivity index (χ4n) is 3.13. The van der Waals surface area contributed by atoms with Crippen molar-refractivity contribution in [1.82, 2.24) is 9.13 Å². The Hall–Kier alpha value is -4.28. The number of rotatable bonds is 11. The Morgan fingerprint density at radius 2 is 1.22 bits per heavy atom. The van der Waals surface area contributed by atoms with E-state index in [-0.39, 0.29) is 0 Å². The van der Waals surface area contributed by atoms with Gasteiger partial charge < -0.3 is 18.0 Å². The lowest BCUT2D eigenvalue weighted by atomic mass is 10.3. The number of nitrogens with zero attached hydrogens (tertiary/aromatic N) is 6. The van der Waals surface area contributed by atoms with E-state index >= 15 is 0 Å². The standard InChI is InChI=1S/C26H24N6O2S2/c1-3-15-31-23(19-35-25(31)29-27-13-5-9-21-11-7-17-33-21)24-20-36-26(32(24)16-4-2)30-28-14-6-10-22-12-8-18-34-22/h3-14,17-20H,1-2,15-16H2/b9-5+,10-6+,27-13+,28-14+,29-25+,30-26+. The summed E-state index contributed by atoms with van der Waals surface area (Å²) in [4.78, 5) is 1.51. The molecule has 4 heterocycles. The summed E-state index contributed by atoms with van der Waals surface area (Å²) in [6, 6.07) is 7.41. The molecule has 182 valence electrons. The van der Waals surface area contributed by atoms with Crippen LogP contribution in [0.1, 0.15) is 11.5 Å². The number of furan rings is 2. The first-order valence-electron chi connectivity index (χ1n) is 10.9. The van der Waals surface area contributed by atoms with Crippen molar-refractivity contribution in [2.24, 2.45) is 20.4 Å². The molecular weight excluding hydrogens is 492 g/mol. The molecule has 0 aliphatic carbocycles. The van der Waals surface area contributed by atoms with E-state index in [1.807, 2.05) is 48.6 Å². The molecule has 0 aliphatic heterocycles. The van der Waals surface area contributed by atoms with Gasteiger partial charge in [0.2, 0.25) is 9.60 Å². The van der Waals surface area contributed by atoms with Crippen LogP contribution in [0.25, 0.3) is 23.5 Å². The molecule has 0 fully saturated rings. The smallest absolute Gasteiger partial charge is 0.211 e. The van der Waals surface area contributed by atoms with Crippen LogP contribution in [-0.2, 0) is 13.1 Å². The van der Waals surface area contributed by atoms with E-state index in [0.717, 1.165) is 32.5 Å². The lowest BCUT2D eigenvalue weighted by Crippen LogP contribution is -2.19. The van der Waals surface area contributed by atoms with Crippen LogP contribution >= 0.6 is 22.7 Å². The van der Waals surface area contributed by atoms with Crippen molar-refractivity contribution >= 4 is 47.3 Å². The van der Waals surface area contributed by atoms with Crippen LogP contribution in [-0.4, -0.2) is 21.6 Å². The molecule has 8 nitrogen and oxygen atoms in total. The van der Waals surface area contributed by atoms with Crippen molar-refractivity contribution in [3.8, 4) is 11.4 Å². The molecule has 0 radical (unpaired) electrons. The summed E-state index contributed by atoms with van der Waals surface area (Å²) >= 11 is 3.01. The zero-order chi connectivity index (χ0) is 25.0. The van der Waals surface area contributed by atoms with Crippen LogP contribution < -0.4 is 9.60 Å². The van der Waals surface area contributed by atoms with Gasteiger partial charge in [-0.1, -0.05) is 12.2 Å². The van der Waals surface area contributed by atoms with Crippen LogP contribution in [0.5, 0.6) is 0 Å². The zero-order valence-electron chi connectivity index (χ0n) is 19.4. The van der Waals surface area contributed by atoms with Gasteiger partial charge in [-0.3, -0.25) is 0 Å². The normalized spacial score (nSPS) is 13.3. The second kappa shape index (κ2) is 13.0. The van der Waals surface area contributed by atoms with Crippen LogP contribution in [0.3, 0.4) is 0 Å². The molecule has 0 saturated carbocycles. The Labute approximate surface area is 215 Å². The maximum atomic E-state index is 5.26. The molecule has 0 atom stereocenters. The third-order valence-corrected chi connectivity index (χ3v) is 6.39. The van der Waals surface area contributed by atoms with Gasteiger partial charge in [-0.2, -0.15) is 10.2 Å². The van der Waals surface area contributed by atoms with Gasteiger partial charge >= 0.3 is 0 Å². The highest BCUT2D eigenvalue weighted by Gasteiger charge is 2.13. The van der Waals surface area contributed by atoms with Gasteiger partial charge in [0, 0.05) is 36.3 Å². The molecule has 0 saturated heterocycles. The van der Waals surface area contributed by atoms with Crippen molar-refractivity contribution < 1.29 is 8.83 Å². The number of aromatic nitrogens is 2. The molecule has 0 aliphatic rings. The maximum Gasteiger partial charge on any atom is 0.211 e. The molecule has 4 aromatic rings. The topological polar surface area (TPSA) is 85.6 Å². The number of allylic oxidation sites excluding steroid dienone is 4. The summed E-state index contributed by atoms with van der Waals surface area (Å²) in [7, 11) is 0. The summed E-state index contributed by atoms with van der Waals surface area (Å²) in [6.07, 6.45) is 17.4. The van der Waals surface area contributed by atoms with Gasteiger partial charge in [0.05, 0.1) is 23.9 Å². The summed E-state index contributed by atoms with van der Waals surface area (Å²) in [5.41, 5.74) is 1.97. The first-order valence-corrected chi connectivity index (χ1v) is 12.7. The van der Waals surface area contributed by atoms with Crippen LogP contribution in [0.2, 0.25) is 0 Å². The van der Waals surface area contributed by atoms with E-state index in [2.05, 4.69) is 53.5 Å².